The number of hydrogen-bond acceptors (Lipinski definition) is 4. The molecule has 1 heterocycles. The third kappa shape index (κ3) is 7.19. The number of carboxylic acid groups (broad SMARTS) is 1. The summed E-state index contributed by atoms with van der Waals surface area (Å²) in [5, 5.41) is 13.5. The van der Waals surface area contributed by atoms with Gasteiger partial charge in [-0.25, -0.2) is 4.79 Å². The molecule has 1 aliphatic heterocycles. The Morgan fingerprint density at radius 3 is 2.51 bits per heavy atom. The molecule has 1 saturated carbocycles. The largest absolute Gasteiger partial charge is 0.493 e. The van der Waals surface area contributed by atoms with Crippen LogP contribution in [0.1, 0.15) is 92.2 Å². The Balaban J connectivity index is 1.59. The summed E-state index contributed by atoms with van der Waals surface area (Å²) in [5.74, 6) is -0.298. The van der Waals surface area contributed by atoms with E-state index in [1.807, 2.05) is 19.1 Å². The lowest BCUT2D eigenvalue weighted by Gasteiger charge is -2.35. The van der Waals surface area contributed by atoms with Crippen molar-refractivity contribution in [2.45, 2.75) is 77.2 Å². The summed E-state index contributed by atoms with van der Waals surface area (Å²) in [7, 11) is 0. The Hall–Kier alpha value is -2.73. The van der Waals surface area contributed by atoms with Gasteiger partial charge in [0.2, 0.25) is 5.91 Å². The predicted octanol–water partition coefficient (Wildman–Crippen LogP) is 6.80. The Labute approximate surface area is 225 Å². The van der Waals surface area contributed by atoms with Gasteiger partial charge in [0.1, 0.15) is 11.3 Å². The van der Waals surface area contributed by atoms with Crippen LogP contribution < -0.4 is 15.0 Å². The summed E-state index contributed by atoms with van der Waals surface area (Å²) < 4.78 is 5.53. The number of hydrogen-bond donors (Lipinski definition) is 2. The summed E-state index contributed by atoms with van der Waals surface area (Å²) in [6.45, 7) is 4.18. The summed E-state index contributed by atoms with van der Waals surface area (Å²) in [6, 6.07) is 10.8. The van der Waals surface area contributed by atoms with Crippen LogP contribution >= 0.6 is 11.6 Å². The second-order valence-corrected chi connectivity index (χ2v) is 10.7. The van der Waals surface area contributed by atoms with Crippen molar-refractivity contribution in [1.82, 2.24) is 5.32 Å². The van der Waals surface area contributed by atoms with Crippen molar-refractivity contribution in [2.24, 2.45) is 5.92 Å². The number of halogens is 1. The number of carbonyl (C=O) groups excluding carboxylic acids is 1. The molecule has 2 fully saturated rings. The van der Waals surface area contributed by atoms with Crippen molar-refractivity contribution in [3.05, 3.63) is 58.1 Å². The van der Waals surface area contributed by atoms with Gasteiger partial charge in [-0.15, -0.1) is 0 Å². The second kappa shape index (κ2) is 13.2. The second-order valence-electron chi connectivity index (χ2n) is 10.3. The molecule has 0 spiro atoms. The number of aromatic carboxylic acids is 1. The standard InChI is InChI=1S/C30H39ClN2O4/c1-2-37-27-19-22(14-15-23(27)30(35)36)20-28(34)32-25(18-21-10-5-3-6-11-21)29-24(31)12-9-13-26(29)33-16-7-4-8-17-33/h9,12-15,19,21,25H,2-8,10-11,16-18,20H2,1H3,(H,32,34)(H,35,36). The first-order valence-corrected chi connectivity index (χ1v) is 14.2. The maximum Gasteiger partial charge on any atom is 0.339 e. The van der Waals surface area contributed by atoms with Crippen molar-refractivity contribution >= 4 is 29.2 Å². The smallest absolute Gasteiger partial charge is 0.339 e. The molecule has 0 bridgehead atoms. The minimum absolute atomic E-state index is 0.100. The predicted molar refractivity (Wildman–Crippen MR) is 148 cm³/mol. The molecule has 200 valence electrons. The average molecular weight is 527 g/mol. The fourth-order valence-electron chi connectivity index (χ4n) is 5.85. The Kier molecular flexibility index (Phi) is 9.73. The molecule has 1 atom stereocenters. The van der Waals surface area contributed by atoms with Crippen LogP contribution in [0, 0.1) is 5.92 Å². The van der Waals surface area contributed by atoms with Crippen molar-refractivity contribution < 1.29 is 19.4 Å². The molecule has 37 heavy (non-hydrogen) atoms. The van der Waals surface area contributed by atoms with Gasteiger partial charge in [-0.2, -0.15) is 0 Å². The quantitative estimate of drug-likeness (QED) is 0.356. The van der Waals surface area contributed by atoms with Crippen LogP contribution in [0.15, 0.2) is 36.4 Å². The highest BCUT2D eigenvalue weighted by Gasteiger charge is 2.28. The van der Waals surface area contributed by atoms with Gasteiger partial charge in [-0.3, -0.25) is 4.79 Å². The average Bonchev–Trinajstić information content (AvgIpc) is 2.89. The van der Waals surface area contributed by atoms with Crippen molar-refractivity contribution in [1.29, 1.82) is 0 Å². The maximum absolute atomic E-state index is 13.4. The normalized spacial score (nSPS) is 17.3. The molecule has 7 heteroatoms. The number of ether oxygens (including phenoxy) is 1. The number of benzene rings is 2. The molecule has 6 nitrogen and oxygen atoms in total. The molecule has 1 saturated heterocycles. The number of amides is 1. The molecule has 1 amide bonds. The van der Waals surface area contributed by atoms with Crippen LogP contribution in [-0.4, -0.2) is 36.7 Å². The summed E-state index contributed by atoms with van der Waals surface area (Å²) in [6.07, 6.45) is 10.7. The van der Waals surface area contributed by atoms with Crippen LogP contribution in [0.2, 0.25) is 5.02 Å². The zero-order valence-corrected chi connectivity index (χ0v) is 22.6. The Morgan fingerprint density at radius 2 is 1.81 bits per heavy atom. The summed E-state index contributed by atoms with van der Waals surface area (Å²) in [5.41, 5.74) is 2.99. The molecule has 2 aliphatic rings. The molecular weight excluding hydrogens is 488 g/mol. The number of rotatable bonds is 10. The van der Waals surface area contributed by atoms with Gasteiger partial charge in [0.25, 0.3) is 0 Å². The molecule has 1 aliphatic carbocycles. The van der Waals surface area contributed by atoms with E-state index in [1.165, 1.54) is 57.4 Å². The van der Waals surface area contributed by atoms with Gasteiger partial charge in [0, 0.05) is 29.4 Å². The summed E-state index contributed by atoms with van der Waals surface area (Å²) >= 11 is 6.86. The van der Waals surface area contributed by atoms with Crippen LogP contribution in [0.25, 0.3) is 0 Å². The number of piperidine rings is 1. The third-order valence-electron chi connectivity index (χ3n) is 7.65. The number of nitrogens with zero attached hydrogens (tertiary/aromatic N) is 1. The molecule has 1 unspecified atom stereocenters. The lowest BCUT2D eigenvalue weighted by molar-refractivity contribution is -0.121. The minimum Gasteiger partial charge on any atom is -0.493 e. The zero-order valence-electron chi connectivity index (χ0n) is 21.8. The molecule has 0 aromatic heterocycles. The van der Waals surface area contributed by atoms with E-state index in [-0.39, 0.29) is 29.7 Å². The Morgan fingerprint density at radius 1 is 1.08 bits per heavy atom. The molecule has 2 aromatic carbocycles. The van der Waals surface area contributed by atoms with Crippen LogP contribution in [-0.2, 0) is 11.2 Å². The SMILES string of the molecule is CCOc1cc(CC(=O)NC(CC2CCCCC2)c2c(Cl)cccc2N2CCCCC2)ccc1C(=O)O. The fraction of sp³-hybridized carbons (Fsp3) is 0.533. The van der Waals surface area contributed by atoms with E-state index in [2.05, 4.69) is 16.3 Å². The first-order valence-electron chi connectivity index (χ1n) is 13.8. The fourth-order valence-corrected chi connectivity index (χ4v) is 6.15. The Bertz CT molecular complexity index is 1080. The topological polar surface area (TPSA) is 78.9 Å². The highest BCUT2D eigenvalue weighted by Crippen LogP contribution is 2.39. The van der Waals surface area contributed by atoms with Crippen molar-refractivity contribution in [3.8, 4) is 5.75 Å². The highest BCUT2D eigenvalue weighted by molar-refractivity contribution is 6.31. The molecule has 0 radical (unpaired) electrons. The molecular formula is C30H39ClN2O4. The van der Waals surface area contributed by atoms with Gasteiger partial charge < -0.3 is 20.1 Å². The first-order chi connectivity index (χ1) is 18.0. The van der Waals surface area contributed by atoms with E-state index in [9.17, 15) is 14.7 Å². The van der Waals surface area contributed by atoms with E-state index < -0.39 is 5.97 Å². The monoisotopic (exact) mass is 526 g/mol. The lowest BCUT2D eigenvalue weighted by atomic mass is 9.82. The van der Waals surface area contributed by atoms with E-state index in [0.29, 0.717) is 17.5 Å². The zero-order chi connectivity index (χ0) is 26.2. The van der Waals surface area contributed by atoms with E-state index >= 15 is 0 Å². The number of anilines is 1. The van der Waals surface area contributed by atoms with Crippen LogP contribution in [0.3, 0.4) is 0 Å². The van der Waals surface area contributed by atoms with Crippen molar-refractivity contribution in [3.63, 3.8) is 0 Å². The van der Waals surface area contributed by atoms with Gasteiger partial charge >= 0.3 is 5.97 Å². The number of carbonyl (C=O) groups is 2. The molecule has 4 rings (SSSR count). The van der Waals surface area contributed by atoms with Gasteiger partial charge in [-0.1, -0.05) is 55.8 Å². The van der Waals surface area contributed by atoms with Crippen LogP contribution in [0.4, 0.5) is 5.69 Å². The van der Waals surface area contributed by atoms with E-state index in [0.717, 1.165) is 36.3 Å². The van der Waals surface area contributed by atoms with Crippen LogP contribution in [0.5, 0.6) is 5.75 Å². The first kappa shape index (κ1) is 27.3. The molecule has 2 N–H and O–H groups in total. The van der Waals surface area contributed by atoms with Crippen molar-refractivity contribution in [2.75, 3.05) is 24.6 Å². The number of carboxylic acids is 1. The van der Waals surface area contributed by atoms with Gasteiger partial charge in [0.15, 0.2) is 0 Å². The maximum atomic E-state index is 13.4. The third-order valence-corrected chi connectivity index (χ3v) is 7.97. The van der Waals surface area contributed by atoms with E-state index in [1.54, 1.807) is 12.1 Å². The highest BCUT2D eigenvalue weighted by atomic mass is 35.5. The van der Waals surface area contributed by atoms with Gasteiger partial charge in [0.05, 0.1) is 19.1 Å². The van der Waals surface area contributed by atoms with E-state index in [4.69, 9.17) is 16.3 Å². The minimum atomic E-state index is -1.05. The summed E-state index contributed by atoms with van der Waals surface area (Å²) in [4.78, 5) is 27.4. The lowest BCUT2D eigenvalue weighted by Crippen LogP contribution is -2.35. The van der Waals surface area contributed by atoms with Gasteiger partial charge in [-0.05, 0) is 68.4 Å². The number of nitrogens with one attached hydrogen (secondary N) is 1. The molecule has 2 aromatic rings.